The third-order valence-corrected chi connectivity index (χ3v) is 4.82. The summed E-state index contributed by atoms with van der Waals surface area (Å²) in [7, 11) is 0. The monoisotopic (exact) mass is 423 g/mol. The van der Waals surface area contributed by atoms with Crippen LogP contribution in [0.3, 0.4) is 0 Å². The van der Waals surface area contributed by atoms with Gasteiger partial charge in [-0.05, 0) is 51.0 Å². The molecule has 2 amide bonds. The fraction of sp³-hybridized carbons (Fsp3) is 0.318. The highest BCUT2D eigenvalue weighted by molar-refractivity contribution is 5.96. The largest absolute Gasteiger partial charge is 0.452 e. The molecule has 3 aromatic rings. The molecule has 9 nitrogen and oxygen atoms in total. The van der Waals surface area contributed by atoms with Gasteiger partial charge in [0.05, 0.1) is 18.3 Å². The molecule has 0 spiro atoms. The van der Waals surface area contributed by atoms with Crippen LogP contribution in [0, 0.1) is 13.8 Å². The van der Waals surface area contributed by atoms with Gasteiger partial charge in [-0.3, -0.25) is 9.59 Å². The summed E-state index contributed by atoms with van der Waals surface area (Å²) in [5.41, 5.74) is 3.59. The van der Waals surface area contributed by atoms with Crippen molar-refractivity contribution in [3.05, 3.63) is 53.3 Å². The van der Waals surface area contributed by atoms with Gasteiger partial charge in [-0.2, -0.15) is 5.10 Å². The number of ether oxygens (including phenoxy) is 1. The van der Waals surface area contributed by atoms with Crippen molar-refractivity contribution in [2.45, 2.75) is 33.7 Å². The van der Waals surface area contributed by atoms with Gasteiger partial charge in [0.1, 0.15) is 0 Å². The van der Waals surface area contributed by atoms with Gasteiger partial charge in [0.25, 0.3) is 5.91 Å². The van der Waals surface area contributed by atoms with Crippen molar-refractivity contribution in [2.75, 3.05) is 18.5 Å². The summed E-state index contributed by atoms with van der Waals surface area (Å²) in [5.74, 6) is -1.63. The topological polar surface area (TPSA) is 115 Å². The van der Waals surface area contributed by atoms with Crippen LogP contribution in [0.2, 0.25) is 0 Å². The number of hydrogen-bond acceptors (Lipinski definition) is 6. The standard InChI is InChI=1S/C22H25N5O4/c1-13(2)27-21-16(10-25-27)8-17(9-24-21)22(30)31-12-20(29)23-11-19(28)26-18-7-5-6-14(3)15(18)4/h5-10,13H,11-12H2,1-4H3,(H,23,29)(H,26,28). The highest BCUT2D eigenvalue weighted by Gasteiger charge is 2.15. The highest BCUT2D eigenvalue weighted by Crippen LogP contribution is 2.18. The van der Waals surface area contributed by atoms with Crippen LogP contribution in [0.1, 0.15) is 41.4 Å². The van der Waals surface area contributed by atoms with E-state index in [1.165, 1.54) is 6.20 Å². The molecule has 0 radical (unpaired) electrons. The first kappa shape index (κ1) is 21.9. The van der Waals surface area contributed by atoms with E-state index in [0.717, 1.165) is 11.1 Å². The van der Waals surface area contributed by atoms with Crippen LogP contribution in [0.5, 0.6) is 0 Å². The Morgan fingerprint density at radius 1 is 1.13 bits per heavy atom. The SMILES string of the molecule is Cc1cccc(NC(=O)CNC(=O)COC(=O)c2cnc3c(cnn3C(C)C)c2)c1C. The molecule has 0 fully saturated rings. The number of pyridine rings is 1. The number of nitrogens with one attached hydrogen (secondary N) is 2. The predicted octanol–water partition coefficient (Wildman–Crippen LogP) is 2.54. The third kappa shape index (κ3) is 5.25. The predicted molar refractivity (Wildman–Crippen MR) is 116 cm³/mol. The Kier molecular flexibility index (Phi) is 6.64. The third-order valence-electron chi connectivity index (χ3n) is 4.82. The fourth-order valence-corrected chi connectivity index (χ4v) is 2.95. The second-order valence-electron chi connectivity index (χ2n) is 7.47. The van der Waals surface area contributed by atoms with Gasteiger partial charge in [0.2, 0.25) is 5.91 Å². The van der Waals surface area contributed by atoms with Gasteiger partial charge in [0, 0.05) is 23.3 Å². The number of rotatable bonds is 7. The number of nitrogens with zero attached hydrogens (tertiary/aromatic N) is 3. The normalized spacial score (nSPS) is 10.9. The lowest BCUT2D eigenvalue weighted by atomic mass is 10.1. The number of carbonyl (C=O) groups is 3. The van der Waals surface area contributed by atoms with Crippen LogP contribution in [0.15, 0.2) is 36.7 Å². The number of benzene rings is 1. The lowest BCUT2D eigenvalue weighted by molar-refractivity contribution is -0.126. The quantitative estimate of drug-likeness (QED) is 0.565. The maximum atomic E-state index is 12.2. The Labute approximate surface area is 179 Å². The zero-order valence-electron chi connectivity index (χ0n) is 17.9. The van der Waals surface area contributed by atoms with Gasteiger partial charge in [-0.1, -0.05) is 12.1 Å². The number of fused-ring (bicyclic) bond motifs is 1. The molecule has 3 rings (SSSR count). The molecule has 0 aliphatic heterocycles. The Morgan fingerprint density at radius 2 is 1.90 bits per heavy atom. The van der Waals surface area contributed by atoms with Crippen LogP contribution in [-0.2, 0) is 14.3 Å². The molecule has 0 bridgehead atoms. The van der Waals surface area contributed by atoms with Crippen molar-refractivity contribution in [3.8, 4) is 0 Å². The molecule has 2 N–H and O–H groups in total. The first-order chi connectivity index (χ1) is 14.8. The molecule has 0 saturated carbocycles. The van der Waals surface area contributed by atoms with Crippen molar-refractivity contribution in [3.63, 3.8) is 0 Å². The summed E-state index contributed by atoms with van der Waals surface area (Å²) >= 11 is 0. The van der Waals surface area contributed by atoms with Crippen LogP contribution in [0.25, 0.3) is 11.0 Å². The minimum absolute atomic E-state index is 0.138. The summed E-state index contributed by atoms with van der Waals surface area (Å²) in [6.45, 7) is 7.09. The van der Waals surface area contributed by atoms with Gasteiger partial charge < -0.3 is 15.4 Å². The van der Waals surface area contributed by atoms with E-state index in [1.807, 2.05) is 39.8 Å². The number of aryl methyl sites for hydroxylation is 1. The fourth-order valence-electron chi connectivity index (χ4n) is 2.95. The highest BCUT2D eigenvalue weighted by atomic mass is 16.5. The molecule has 0 saturated heterocycles. The molecular formula is C22H25N5O4. The van der Waals surface area contributed by atoms with Crippen molar-refractivity contribution in [1.82, 2.24) is 20.1 Å². The van der Waals surface area contributed by atoms with E-state index in [0.29, 0.717) is 16.7 Å². The van der Waals surface area contributed by atoms with Crippen molar-refractivity contribution in [2.24, 2.45) is 0 Å². The van der Waals surface area contributed by atoms with Gasteiger partial charge in [-0.15, -0.1) is 0 Å². The van der Waals surface area contributed by atoms with Crippen molar-refractivity contribution < 1.29 is 19.1 Å². The summed E-state index contributed by atoms with van der Waals surface area (Å²) in [5, 5.41) is 10.1. The molecule has 2 aromatic heterocycles. The molecule has 162 valence electrons. The van der Waals surface area contributed by atoms with Gasteiger partial charge in [-0.25, -0.2) is 14.5 Å². The average Bonchev–Trinajstić information content (AvgIpc) is 3.17. The molecule has 0 aliphatic rings. The smallest absolute Gasteiger partial charge is 0.340 e. The summed E-state index contributed by atoms with van der Waals surface area (Å²) in [6, 6.07) is 7.34. The minimum atomic E-state index is -0.679. The lowest BCUT2D eigenvalue weighted by Crippen LogP contribution is -2.35. The van der Waals surface area contributed by atoms with Gasteiger partial charge in [0.15, 0.2) is 12.3 Å². The van der Waals surface area contributed by atoms with Crippen molar-refractivity contribution in [1.29, 1.82) is 0 Å². The number of aromatic nitrogens is 3. The van der Waals surface area contributed by atoms with Crippen LogP contribution in [0.4, 0.5) is 5.69 Å². The zero-order chi connectivity index (χ0) is 22.5. The van der Waals surface area contributed by atoms with Crippen LogP contribution >= 0.6 is 0 Å². The molecule has 2 heterocycles. The summed E-state index contributed by atoms with van der Waals surface area (Å²) in [6.07, 6.45) is 3.02. The van der Waals surface area contributed by atoms with Crippen molar-refractivity contribution >= 4 is 34.5 Å². The maximum absolute atomic E-state index is 12.2. The molecule has 0 aliphatic carbocycles. The van der Waals surface area contributed by atoms with E-state index >= 15 is 0 Å². The number of esters is 1. The zero-order valence-corrected chi connectivity index (χ0v) is 17.9. The Bertz CT molecular complexity index is 1140. The number of anilines is 1. The van der Waals surface area contributed by atoms with E-state index in [2.05, 4.69) is 20.7 Å². The van der Waals surface area contributed by atoms with E-state index in [9.17, 15) is 14.4 Å². The molecule has 1 aromatic carbocycles. The second kappa shape index (κ2) is 9.38. The van der Waals surface area contributed by atoms with Crippen LogP contribution in [-0.4, -0.2) is 45.7 Å². The number of carbonyl (C=O) groups excluding carboxylic acids is 3. The Balaban J connectivity index is 1.49. The molecular weight excluding hydrogens is 398 g/mol. The molecule has 0 atom stereocenters. The van der Waals surface area contributed by atoms with E-state index < -0.39 is 18.5 Å². The van der Waals surface area contributed by atoms with E-state index in [1.54, 1.807) is 23.0 Å². The van der Waals surface area contributed by atoms with E-state index in [-0.39, 0.29) is 24.1 Å². The Morgan fingerprint density at radius 3 is 2.65 bits per heavy atom. The van der Waals surface area contributed by atoms with Crippen LogP contribution < -0.4 is 10.6 Å². The van der Waals surface area contributed by atoms with E-state index in [4.69, 9.17) is 4.74 Å². The molecule has 31 heavy (non-hydrogen) atoms. The summed E-state index contributed by atoms with van der Waals surface area (Å²) in [4.78, 5) is 40.5. The molecule has 9 heteroatoms. The van der Waals surface area contributed by atoms with Gasteiger partial charge >= 0.3 is 5.97 Å². The summed E-state index contributed by atoms with van der Waals surface area (Å²) < 4.78 is 6.78. The first-order valence-electron chi connectivity index (χ1n) is 9.89. The second-order valence-corrected chi connectivity index (χ2v) is 7.47. The molecule has 0 unspecified atom stereocenters. The first-order valence-corrected chi connectivity index (χ1v) is 9.89. The lowest BCUT2D eigenvalue weighted by Gasteiger charge is -2.11. The average molecular weight is 423 g/mol. The number of hydrogen-bond donors (Lipinski definition) is 2. The number of amides is 2. The maximum Gasteiger partial charge on any atom is 0.340 e. The minimum Gasteiger partial charge on any atom is -0.452 e. The Hall–Kier alpha value is -3.75.